The minimum atomic E-state index is -0.908. The van der Waals surface area contributed by atoms with Gasteiger partial charge in [-0.3, -0.25) is 10.2 Å². The molecule has 0 bridgehead atoms. The third kappa shape index (κ3) is 3.06. The number of aliphatic carboxylic acids is 1. The average molecular weight is 145 g/mol. The monoisotopic (exact) mass is 145 g/mol. The van der Waals surface area contributed by atoms with Crippen LogP contribution in [-0.4, -0.2) is 24.1 Å². The van der Waals surface area contributed by atoms with Gasteiger partial charge in [0.25, 0.3) is 0 Å². The van der Waals surface area contributed by atoms with E-state index >= 15 is 0 Å². The van der Waals surface area contributed by atoms with Crippen LogP contribution in [0.4, 0.5) is 0 Å². The van der Waals surface area contributed by atoms with Gasteiger partial charge in [-0.2, -0.15) is 0 Å². The smallest absolute Gasteiger partial charge is 0.304 e. The van der Waals surface area contributed by atoms with E-state index in [1.807, 2.05) is 0 Å². The van der Waals surface area contributed by atoms with Crippen LogP contribution in [0.25, 0.3) is 0 Å². The second-order valence-corrected chi connectivity index (χ2v) is 2.07. The number of hydrogen-bond donors (Lipinski definition) is 2. The molecule has 0 amide bonds. The molecule has 4 nitrogen and oxygen atoms in total. The highest BCUT2D eigenvalue weighted by Crippen LogP contribution is 2.03. The topological polar surface area (TPSA) is 70.4 Å². The molecule has 0 rings (SSSR count). The number of carboxylic acids is 1. The van der Waals surface area contributed by atoms with E-state index in [0.717, 1.165) is 0 Å². The van der Waals surface area contributed by atoms with Crippen molar-refractivity contribution in [1.29, 1.82) is 5.41 Å². The summed E-state index contributed by atoms with van der Waals surface area (Å²) in [4.78, 5) is 10.1. The predicted molar refractivity (Wildman–Crippen MR) is 36.2 cm³/mol. The Morgan fingerprint density at radius 1 is 1.80 bits per heavy atom. The van der Waals surface area contributed by atoms with Crippen molar-refractivity contribution in [3.05, 3.63) is 0 Å². The van der Waals surface area contributed by atoms with E-state index in [1.54, 1.807) is 6.92 Å². The predicted octanol–water partition coefficient (Wildman–Crippen LogP) is 0.721. The minimum absolute atomic E-state index is 0.0161. The molecule has 0 aliphatic rings. The molecule has 0 saturated carbocycles. The number of carboxylic acid groups (broad SMARTS) is 1. The van der Waals surface area contributed by atoms with Gasteiger partial charge in [-0.25, -0.2) is 0 Å². The summed E-state index contributed by atoms with van der Waals surface area (Å²) >= 11 is 0. The van der Waals surface area contributed by atoms with Gasteiger partial charge in [0.15, 0.2) is 5.90 Å². The van der Waals surface area contributed by atoms with Gasteiger partial charge in [0, 0.05) is 5.92 Å². The normalized spacial score (nSPS) is 12.2. The van der Waals surface area contributed by atoms with Crippen LogP contribution < -0.4 is 0 Å². The van der Waals surface area contributed by atoms with E-state index in [4.69, 9.17) is 10.5 Å². The zero-order valence-electron chi connectivity index (χ0n) is 6.05. The largest absolute Gasteiger partial charge is 0.484 e. The molecule has 4 heteroatoms. The highest BCUT2D eigenvalue weighted by molar-refractivity contribution is 5.80. The lowest BCUT2D eigenvalue weighted by Crippen LogP contribution is -2.15. The molecule has 0 saturated heterocycles. The van der Waals surface area contributed by atoms with E-state index in [1.165, 1.54) is 7.11 Å². The summed E-state index contributed by atoms with van der Waals surface area (Å²) in [6.07, 6.45) is -0.0489. The van der Waals surface area contributed by atoms with Gasteiger partial charge >= 0.3 is 5.97 Å². The molecule has 58 valence electrons. The van der Waals surface area contributed by atoms with Crippen molar-refractivity contribution in [2.75, 3.05) is 7.11 Å². The van der Waals surface area contributed by atoms with Gasteiger partial charge < -0.3 is 9.84 Å². The Bertz CT molecular complexity index is 144. The molecular weight excluding hydrogens is 134 g/mol. The van der Waals surface area contributed by atoms with Crippen molar-refractivity contribution in [1.82, 2.24) is 0 Å². The first-order valence-corrected chi connectivity index (χ1v) is 2.92. The third-order valence-electron chi connectivity index (χ3n) is 1.15. The highest BCUT2D eigenvalue weighted by Gasteiger charge is 2.12. The fourth-order valence-corrected chi connectivity index (χ4v) is 0.556. The van der Waals surface area contributed by atoms with Gasteiger partial charge in [0.2, 0.25) is 0 Å². The Hall–Kier alpha value is -1.06. The number of ether oxygens (including phenoxy) is 1. The SMILES string of the molecule is COC(=N)C(C)CC(=O)O. The number of rotatable bonds is 3. The van der Waals surface area contributed by atoms with Crippen LogP contribution in [0.2, 0.25) is 0 Å². The van der Waals surface area contributed by atoms with Crippen LogP contribution in [0.5, 0.6) is 0 Å². The fraction of sp³-hybridized carbons (Fsp3) is 0.667. The highest BCUT2D eigenvalue weighted by atomic mass is 16.5. The van der Waals surface area contributed by atoms with Crippen LogP contribution in [0.15, 0.2) is 0 Å². The molecule has 0 aliphatic carbocycles. The Labute approximate surface area is 59.3 Å². The molecule has 10 heavy (non-hydrogen) atoms. The minimum Gasteiger partial charge on any atom is -0.484 e. The van der Waals surface area contributed by atoms with Gasteiger partial charge in [-0.15, -0.1) is 0 Å². The maximum absolute atomic E-state index is 10.1. The summed E-state index contributed by atoms with van der Waals surface area (Å²) in [7, 11) is 1.36. The molecule has 0 aromatic rings. The number of nitrogens with one attached hydrogen (secondary N) is 1. The van der Waals surface area contributed by atoms with Crippen molar-refractivity contribution in [3.63, 3.8) is 0 Å². The van der Waals surface area contributed by atoms with Crippen molar-refractivity contribution in [2.45, 2.75) is 13.3 Å². The molecule has 1 unspecified atom stereocenters. The Kier molecular flexibility index (Phi) is 3.46. The maximum atomic E-state index is 10.1. The molecule has 0 aromatic heterocycles. The van der Waals surface area contributed by atoms with E-state index in [-0.39, 0.29) is 18.2 Å². The van der Waals surface area contributed by atoms with Crippen molar-refractivity contribution in [3.8, 4) is 0 Å². The fourth-order valence-electron chi connectivity index (χ4n) is 0.556. The van der Waals surface area contributed by atoms with Gasteiger partial charge in [-0.1, -0.05) is 6.92 Å². The lowest BCUT2D eigenvalue weighted by molar-refractivity contribution is -0.137. The van der Waals surface area contributed by atoms with Crippen molar-refractivity contribution < 1.29 is 14.6 Å². The quantitative estimate of drug-likeness (QED) is 0.454. The van der Waals surface area contributed by atoms with E-state index in [2.05, 4.69) is 4.74 Å². The lowest BCUT2D eigenvalue weighted by Gasteiger charge is -2.07. The molecule has 0 spiro atoms. The first kappa shape index (κ1) is 8.94. The standard InChI is InChI=1S/C6H11NO3/c1-4(3-5(8)9)6(7)10-2/h4,7H,3H2,1-2H3,(H,8,9). The molecule has 0 heterocycles. The lowest BCUT2D eigenvalue weighted by atomic mass is 10.1. The number of hydrogen-bond acceptors (Lipinski definition) is 3. The van der Waals surface area contributed by atoms with E-state index in [9.17, 15) is 4.79 Å². The second-order valence-electron chi connectivity index (χ2n) is 2.07. The Balaban J connectivity index is 3.72. The van der Waals surface area contributed by atoms with Crippen molar-refractivity contribution >= 4 is 11.9 Å². The van der Waals surface area contributed by atoms with Gasteiger partial charge in [0.1, 0.15) is 0 Å². The Morgan fingerprint density at radius 3 is 2.60 bits per heavy atom. The molecule has 0 fully saturated rings. The molecule has 2 N–H and O–H groups in total. The summed E-state index contributed by atoms with van der Waals surface area (Å²) in [5, 5.41) is 15.3. The zero-order chi connectivity index (χ0) is 8.15. The summed E-state index contributed by atoms with van der Waals surface area (Å²) in [6.45, 7) is 1.64. The van der Waals surface area contributed by atoms with Crippen LogP contribution in [0.3, 0.4) is 0 Å². The molecule has 0 aliphatic heterocycles. The summed E-state index contributed by atoms with van der Waals surface area (Å²) in [6, 6.07) is 0. The molecule has 1 atom stereocenters. The van der Waals surface area contributed by atoms with Gasteiger partial charge in [0.05, 0.1) is 13.5 Å². The number of carbonyl (C=O) groups is 1. The molecule has 0 aromatic carbocycles. The van der Waals surface area contributed by atoms with Crippen LogP contribution in [0, 0.1) is 11.3 Å². The van der Waals surface area contributed by atoms with E-state index < -0.39 is 5.97 Å². The van der Waals surface area contributed by atoms with Crippen molar-refractivity contribution in [2.24, 2.45) is 5.92 Å². The molecule has 0 radical (unpaired) electrons. The summed E-state index contributed by atoms with van der Waals surface area (Å²) < 4.78 is 4.53. The Morgan fingerprint density at radius 2 is 2.30 bits per heavy atom. The zero-order valence-corrected chi connectivity index (χ0v) is 6.05. The second kappa shape index (κ2) is 3.87. The summed E-state index contributed by atoms with van der Waals surface area (Å²) in [5.74, 6) is -1.22. The average Bonchev–Trinajstić information content (AvgIpc) is 1.85. The van der Waals surface area contributed by atoms with Crippen LogP contribution in [-0.2, 0) is 9.53 Å². The van der Waals surface area contributed by atoms with Gasteiger partial charge in [-0.05, 0) is 0 Å². The first-order chi connectivity index (χ1) is 4.57. The van der Waals surface area contributed by atoms with Crippen LogP contribution >= 0.6 is 0 Å². The molecular formula is C6H11NO3. The number of methoxy groups -OCH3 is 1. The summed E-state index contributed by atoms with van der Waals surface area (Å²) in [5.41, 5.74) is 0. The maximum Gasteiger partial charge on any atom is 0.304 e. The van der Waals surface area contributed by atoms with Crippen LogP contribution in [0.1, 0.15) is 13.3 Å². The first-order valence-electron chi connectivity index (χ1n) is 2.92. The van der Waals surface area contributed by atoms with E-state index in [0.29, 0.717) is 0 Å². The third-order valence-corrected chi connectivity index (χ3v) is 1.15.